The molecule has 2 rings (SSSR count). The maximum atomic E-state index is 10.9. The van der Waals surface area contributed by atoms with Crippen molar-refractivity contribution in [3.63, 3.8) is 0 Å². The van der Waals surface area contributed by atoms with Crippen molar-refractivity contribution in [2.24, 2.45) is 0 Å². The van der Waals surface area contributed by atoms with Crippen LogP contribution in [0.1, 0.15) is 11.1 Å². The molecular formula is C14H12BrClN2O2. The molecule has 4 nitrogen and oxygen atoms in total. The highest BCUT2D eigenvalue weighted by Crippen LogP contribution is 2.23. The molecule has 104 valence electrons. The van der Waals surface area contributed by atoms with Gasteiger partial charge in [-0.1, -0.05) is 35.9 Å². The standard InChI is InChI=1S/C14H12BrClN2O2/c15-12-6-5-10(7-13(12)16)8-17-9-11-3-1-2-4-14(11)18(19)20/h1-7,17H,8-9H2. The van der Waals surface area contributed by atoms with Crippen molar-refractivity contribution in [3.8, 4) is 0 Å². The van der Waals surface area contributed by atoms with E-state index in [0.29, 0.717) is 23.7 Å². The number of benzene rings is 2. The second kappa shape index (κ2) is 6.83. The Morgan fingerprint density at radius 3 is 2.65 bits per heavy atom. The number of para-hydroxylation sites is 1. The van der Waals surface area contributed by atoms with Gasteiger partial charge < -0.3 is 5.32 Å². The number of nitro benzene ring substituents is 1. The first kappa shape index (κ1) is 15.0. The van der Waals surface area contributed by atoms with Gasteiger partial charge in [-0.3, -0.25) is 10.1 Å². The normalized spacial score (nSPS) is 10.5. The molecule has 0 unspecified atom stereocenters. The predicted octanol–water partition coefficient (Wildman–Crippen LogP) is 4.30. The SMILES string of the molecule is O=[N+]([O-])c1ccccc1CNCc1ccc(Br)c(Cl)c1. The molecule has 0 atom stereocenters. The van der Waals surface area contributed by atoms with E-state index in [-0.39, 0.29) is 10.6 Å². The van der Waals surface area contributed by atoms with Gasteiger partial charge in [0.05, 0.1) is 9.95 Å². The number of rotatable bonds is 5. The zero-order valence-electron chi connectivity index (χ0n) is 10.5. The molecule has 0 aliphatic heterocycles. The van der Waals surface area contributed by atoms with E-state index >= 15 is 0 Å². The van der Waals surface area contributed by atoms with Crippen LogP contribution in [0, 0.1) is 10.1 Å². The number of nitrogens with one attached hydrogen (secondary N) is 1. The van der Waals surface area contributed by atoms with Crippen molar-refractivity contribution in [1.82, 2.24) is 5.32 Å². The van der Waals surface area contributed by atoms with Gasteiger partial charge in [-0.2, -0.15) is 0 Å². The molecule has 0 aliphatic rings. The highest BCUT2D eigenvalue weighted by Gasteiger charge is 2.11. The molecule has 20 heavy (non-hydrogen) atoms. The molecule has 6 heteroatoms. The van der Waals surface area contributed by atoms with Crippen molar-refractivity contribution in [2.45, 2.75) is 13.1 Å². The van der Waals surface area contributed by atoms with Gasteiger partial charge in [-0.25, -0.2) is 0 Å². The van der Waals surface area contributed by atoms with E-state index in [9.17, 15) is 10.1 Å². The lowest BCUT2D eigenvalue weighted by atomic mass is 10.1. The maximum absolute atomic E-state index is 10.9. The molecule has 0 aliphatic carbocycles. The highest BCUT2D eigenvalue weighted by molar-refractivity contribution is 9.10. The zero-order valence-corrected chi connectivity index (χ0v) is 12.8. The van der Waals surface area contributed by atoms with Crippen LogP contribution in [0.5, 0.6) is 0 Å². The lowest BCUT2D eigenvalue weighted by molar-refractivity contribution is -0.385. The minimum absolute atomic E-state index is 0.133. The molecule has 0 saturated carbocycles. The predicted molar refractivity (Wildman–Crippen MR) is 82.8 cm³/mol. The van der Waals surface area contributed by atoms with Gasteiger partial charge in [0, 0.05) is 29.2 Å². The van der Waals surface area contributed by atoms with Crippen molar-refractivity contribution in [3.05, 3.63) is 73.2 Å². The summed E-state index contributed by atoms with van der Waals surface area (Å²) in [6.07, 6.45) is 0. The zero-order chi connectivity index (χ0) is 14.5. The van der Waals surface area contributed by atoms with Crippen molar-refractivity contribution < 1.29 is 4.92 Å². The van der Waals surface area contributed by atoms with Gasteiger partial charge in [0.2, 0.25) is 0 Å². The molecule has 0 saturated heterocycles. The Kier molecular flexibility index (Phi) is 5.11. The van der Waals surface area contributed by atoms with E-state index < -0.39 is 0 Å². The summed E-state index contributed by atoms with van der Waals surface area (Å²) in [6, 6.07) is 12.4. The summed E-state index contributed by atoms with van der Waals surface area (Å²) in [4.78, 5) is 10.5. The quantitative estimate of drug-likeness (QED) is 0.642. The summed E-state index contributed by atoms with van der Waals surface area (Å²) in [7, 11) is 0. The van der Waals surface area contributed by atoms with Crippen LogP contribution in [0.15, 0.2) is 46.9 Å². The van der Waals surface area contributed by atoms with Crippen LogP contribution >= 0.6 is 27.5 Å². The van der Waals surface area contributed by atoms with E-state index in [1.807, 2.05) is 18.2 Å². The molecule has 0 bridgehead atoms. The van der Waals surface area contributed by atoms with Gasteiger partial charge in [0.15, 0.2) is 0 Å². The van der Waals surface area contributed by atoms with Crippen molar-refractivity contribution in [2.75, 3.05) is 0 Å². The van der Waals surface area contributed by atoms with Crippen LogP contribution < -0.4 is 5.32 Å². The fourth-order valence-electron chi connectivity index (χ4n) is 1.83. The topological polar surface area (TPSA) is 55.2 Å². The lowest BCUT2D eigenvalue weighted by Gasteiger charge is -2.07. The van der Waals surface area contributed by atoms with Crippen LogP contribution in [-0.4, -0.2) is 4.92 Å². The average Bonchev–Trinajstić information content (AvgIpc) is 2.43. The second-order valence-corrected chi connectivity index (χ2v) is 5.50. The Balaban J connectivity index is 1.99. The summed E-state index contributed by atoms with van der Waals surface area (Å²) in [5.41, 5.74) is 1.83. The highest BCUT2D eigenvalue weighted by atomic mass is 79.9. The summed E-state index contributed by atoms with van der Waals surface area (Å²) in [6.45, 7) is 1.03. The number of hydrogen-bond acceptors (Lipinski definition) is 3. The van der Waals surface area contributed by atoms with Crippen molar-refractivity contribution in [1.29, 1.82) is 0 Å². The fraction of sp³-hybridized carbons (Fsp3) is 0.143. The van der Waals surface area contributed by atoms with Gasteiger partial charge in [-0.05, 0) is 33.6 Å². The largest absolute Gasteiger partial charge is 0.308 e. The van der Waals surface area contributed by atoms with E-state index in [0.717, 1.165) is 10.0 Å². The summed E-state index contributed by atoms with van der Waals surface area (Å²) in [5.74, 6) is 0. The number of halogens is 2. The third-order valence-electron chi connectivity index (χ3n) is 2.82. The Labute approximate surface area is 130 Å². The third kappa shape index (κ3) is 3.79. The summed E-state index contributed by atoms with van der Waals surface area (Å²) >= 11 is 9.34. The smallest absolute Gasteiger partial charge is 0.273 e. The van der Waals surface area contributed by atoms with Crippen LogP contribution in [0.3, 0.4) is 0 Å². The summed E-state index contributed by atoms with van der Waals surface area (Å²) in [5, 5.41) is 14.7. The first-order valence-corrected chi connectivity index (χ1v) is 7.12. The summed E-state index contributed by atoms with van der Waals surface area (Å²) < 4.78 is 0.849. The molecule has 0 fully saturated rings. The van der Waals surface area contributed by atoms with Crippen LogP contribution in [0.4, 0.5) is 5.69 Å². The molecule has 0 spiro atoms. The molecule has 1 N–H and O–H groups in total. The van der Waals surface area contributed by atoms with Crippen LogP contribution in [0.2, 0.25) is 5.02 Å². The third-order valence-corrected chi connectivity index (χ3v) is 4.05. The molecule has 0 aromatic heterocycles. The second-order valence-electron chi connectivity index (χ2n) is 4.24. The van der Waals surface area contributed by atoms with E-state index in [1.165, 1.54) is 6.07 Å². The molecular weight excluding hydrogens is 344 g/mol. The van der Waals surface area contributed by atoms with Gasteiger partial charge >= 0.3 is 0 Å². The van der Waals surface area contributed by atoms with Crippen LogP contribution in [-0.2, 0) is 13.1 Å². The van der Waals surface area contributed by atoms with E-state index in [4.69, 9.17) is 11.6 Å². The fourth-order valence-corrected chi connectivity index (χ4v) is 2.28. The number of hydrogen-bond donors (Lipinski definition) is 1. The van der Waals surface area contributed by atoms with Gasteiger partial charge in [-0.15, -0.1) is 0 Å². The molecule has 2 aromatic rings. The number of nitro groups is 1. The maximum Gasteiger partial charge on any atom is 0.273 e. The van der Waals surface area contributed by atoms with Gasteiger partial charge in [0.25, 0.3) is 5.69 Å². The molecule has 0 amide bonds. The first-order chi connectivity index (χ1) is 9.58. The molecule has 0 heterocycles. The average molecular weight is 356 g/mol. The molecule has 2 aromatic carbocycles. The number of nitrogens with zero attached hydrogens (tertiary/aromatic N) is 1. The Morgan fingerprint density at radius 1 is 1.20 bits per heavy atom. The Hall–Kier alpha value is -1.43. The Bertz CT molecular complexity index is 634. The monoisotopic (exact) mass is 354 g/mol. The van der Waals surface area contributed by atoms with Crippen LogP contribution in [0.25, 0.3) is 0 Å². The minimum Gasteiger partial charge on any atom is -0.308 e. The van der Waals surface area contributed by atoms with E-state index in [1.54, 1.807) is 18.2 Å². The van der Waals surface area contributed by atoms with Gasteiger partial charge in [0.1, 0.15) is 0 Å². The Morgan fingerprint density at radius 2 is 1.95 bits per heavy atom. The molecule has 0 radical (unpaired) electrons. The van der Waals surface area contributed by atoms with E-state index in [2.05, 4.69) is 21.2 Å². The minimum atomic E-state index is -0.368. The first-order valence-electron chi connectivity index (χ1n) is 5.95. The van der Waals surface area contributed by atoms with Crippen molar-refractivity contribution >= 4 is 33.2 Å². The lowest BCUT2D eigenvalue weighted by Crippen LogP contribution is -2.13.